The molecule has 0 radical (unpaired) electrons. The van der Waals surface area contributed by atoms with Crippen LogP contribution in [0.4, 0.5) is 5.82 Å². The van der Waals surface area contributed by atoms with E-state index in [0.29, 0.717) is 25.5 Å². The van der Waals surface area contributed by atoms with Crippen LogP contribution in [-0.2, 0) is 4.74 Å². The predicted octanol–water partition coefficient (Wildman–Crippen LogP) is 2.24. The molecule has 1 unspecified atom stereocenters. The van der Waals surface area contributed by atoms with Gasteiger partial charge in [0, 0.05) is 13.1 Å². The number of carboxylic acids is 1. The number of hydrogen-bond acceptors (Lipinski definition) is 6. The van der Waals surface area contributed by atoms with Crippen LogP contribution in [-0.4, -0.2) is 52.4 Å². The summed E-state index contributed by atoms with van der Waals surface area (Å²) in [5, 5.41) is 8.94. The number of nitrogens with zero attached hydrogens (tertiary/aromatic N) is 3. The Kier molecular flexibility index (Phi) is 4.85. The topological polar surface area (TPSA) is 84.8 Å². The zero-order valence-electron chi connectivity index (χ0n) is 14.3. The van der Waals surface area contributed by atoms with Crippen molar-refractivity contribution in [1.82, 2.24) is 9.97 Å². The molecule has 1 aliphatic rings. The third-order valence-corrected chi connectivity index (χ3v) is 3.84. The second-order valence-electron chi connectivity index (χ2n) is 6.57. The molecule has 0 bridgehead atoms. The van der Waals surface area contributed by atoms with Gasteiger partial charge >= 0.3 is 5.97 Å². The monoisotopic (exact) mass is 343 g/mol. The van der Waals surface area contributed by atoms with Crippen molar-refractivity contribution in [2.75, 3.05) is 24.6 Å². The van der Waals surface area contributed by atoms with Crippen LogP contribution < -0.4 is 9.64 Å². The van der Waals surface area contributed by atoms with Gasteiger partial charge in [-0.15, -0.1) is 0 Å². The summed E-state index contributed by atoms with van der Waals surface area (Å²) in [6.45, 7) is 5.67. The fraction of sp³-hybridized carbons (Fsp3) is 0.389. The fourth-order valence-corrected chi connectivity index (χ4v) is 2.86. The maximum atomic E-state index is 10.9. The van der Waals surface area contributed by atoms with Gasteiger partial charge < -0.3 is 19.5 Å². The van der Waals surface area contributed by atoms with Crippen molar-refractivity contribution in [3.05, 3.63) is 48.4 Å². The molecule has 0 saturated carbocycles. The van der Waals surface area contributed by atoms with Crippen LogP contribution in [0.3, 0.4) is 0 Å². The maximum absolute atomic E-state index is 10.9. The first-order chi connectivity index (χ1) is 11.9. The first kappa shape index (κ1) is 17.2. The number of hydrogen-bond donors (Lipinski definition) is 1. The number of rotatable bonds is 5. The fourth-order valence-electron chi connectivity index (χ4n) is 2.86. The Balaban J connectivity index is 1.69. The standard InChI is InChI=1S/C18H21N3O4/c1-18(2)12-21(16-9-19-15(8-20-16)17(22)23)10-14(25-18)11-24-13-6-4-3-5-7-13/h3-9,14H,10-12H2,1-2H3,(H,22,23). The third-order valence-electron chi connectivity index (χ3n) is 3.84. The summed E-state index contributed by atoms with van der Waals surface area (Å²) in [4.78, 5) is 21.1. The van der Waals surface area contributed by atoms with Crippen LogP contribution in [0.1, 0.15) is 24.3 Å². The van der Waals surface area contributed by atoms with Gasteiger partial charge in [0.25, 0.3) is 0 Å². The van der Waals surface area contributed by atoms with Crippen LogP contribution in [0.2, 0.25) is 0 Å². The van der Waals surface area contributed by atoms with E-state index in [4.69, 9.17) is 14.6 Å². The lowest BCUT2D eigenvalue weighted by Gasteiger charge is -2.43. The molecule has 0 amide bonds. The van der Waals surface area contributed by atoms with Gasteiger partial charge in [0.15, 0.2) is 5.69 Å². The van der Waals surface area contributed by atoms with Crippen molar-refractivity contribution in [3.63, 3.8) is 0 Å². The van der Waals surface area contributed by atoms with Crippen molar-refractivity contribution >= 4 is 11.8 Å². The minimum atomic E-state index is -1.09. The van der Waals surface area contributed by atoms with Gasteiger partial charge in [0.1, 0.15) is 24.3 Å². The number of para-hydroxylation sites is 1. The van der Waals surface area contributed by atoms with Crippen LogP contribution in [0.25, 0.3) is 0 Å². The second kappa shape index (κ2) is 7.06. The minimum absolute atomic E-state index is 0.0692. The number of ether oxygens (including phenoxy) is 2. The quantitative estimate of drug-likeness (QED) is 0.891. The molecular formula is C18H21N3O4. The van der Waals surface area contributed by atoms with Crippen LogP contribution in [0.15, 0.2) is 42.7 Å². The molecule has 1 fully saturated rings. The largest absolute Gasteiger partial charge is 0.491 e. The zero-order valence-corrected chi connectivity index (χ0v) is 14.3. The van der Waals surface area contributed by atoms with Crippen molar-refractivity contribution < 1.29 is 19.4 Å². The zero-order chi connectivity index (χ0) is 17.9. The highest BCUT2D eigenvalue weighted by Crippen LogP contribution is 2.25. The van der Waals surface area contributed by atoms with Gasteiger partial charge in [-0.1, -0.05) is 18.2 Å². The van der Waals surface area contributed by atoms with Crippen molar-refractivity contribution in [3.8, 4) is 5.75 Å². The molecule has 1 atom stereocenters. The van der Waals surface area contributed by atoms with Gasteiger partial charge in [0.05, 0.1) is 18.0 Å². The van der Waals surface area contributed by atoms with Crippen molar-refractivity contribution in [2.45, 2.75) is 25.6 Å². The molecule has 1 N–H and O–H groups in total. The molecule has 1 saturated heterocycles. The molecule has 1 aromatic carbocycles. The first-order valence-electron chi connectivity index (χ1n) is 8.09. The summed E-state index contributed by atoms with van der Waals surface area (Å²) in [6.07, 6.45) is 2.63. The van der Waals surface area contributed by atoms with E-state index in [1.165, 1.54) is 12.4 Å². The molecular weight excluding hydrogens is 322 g/mol. The molecule has 7 heteroatoms. The summed E-state index contributed by atoms with van der Waals surface area (Å²) in [5.74, 6) is 0.341. The average Bonchev–Trinajstić information content (AvgIpc) is 2.59. The number of carbonyl (C=O) groups is 1. The number of anilines is 1. The molecule has 1 aromatic heterocycles. The first-order valence-corrected chi connectivity index (χ1v) is 8.09. The van der Waals surface area contributed by atoms with Crippen LogP contribution in [0.5, 0.6) is 5.75 Å². The molecule has 2 heterocycles. The Morgan fingerprint density at radius 2 is 2.08 bits per heavy atom. The van der Waals surface area contributed by atoms with Crippen LogP contribution >= 0.6 is 0 Å². The van der Waals surface area contributed by atoms with E-state index in [-0.39, 0.29) is 17.4 Å². The molecule has 0 aliphatic carbocycles. The number of aromatic carboxylic acids is 1. The molecule has 1 aliphatic heterocycles. The highest BCUT2D eigenvalue weighted by molar-refractivity contribution is 5.84. The maximum Gasteiger partial charge on any atom is 0.356 e. The lowest BCUT2D eigenvalue weighted by atomic mass is 10.1. The highest BCUT2D eigenvalue weighted by atomic mass is 16.5. The summed E-state index contributed by atoms with van der Waals surface area (Å²) >= 11 is 0. The Morgan fingerprint density at radius 3 is 2.72 bits per heavy atom. The van der Waals surface area contributed by atoms with Crippen molar-refractivity contribution in [2.24, 2.45) is 0 Å². The van der Waals surface area contributed by atoms with Gasteiger partial charge in [0.2, 0.25) is 0 Å². The lowest BCUT2D eigenvalue weighted by Crippen LogP contribution is -2.54. The minimum Gasteiger partial charge on any atom is -0.491 e. The average molecular weight is 343 g/mol. The van der Waals surface area contributed by atoms with E-state index >= 15 is 0 Å². The number of benzene rings is 1. The summed E-state index contributed by atoms with van der Waals surface area (Å²) in [5.41, 5.74) is -0.448. The van der Waals surface area contributed by atoms with Crippen molar-refractivity contribution in [1.29, 1.82) is 0 Å². The number of carboxylic acid groups (broad SMARTS) is 1. The van der Waals surface area contributed by atoms with E-state index in [9.17, 15) is 4.79 Å². The molecule has 132 valence electrons. The van der Waals surface area contributed by atoms with E-state index < -0.39 is 5.97 Å². The van der Waals surface area contributed by atoms with Crippen LogP contribution in [0, 0.1) is 0 Å². The summed E-state index contributed by atoms with van der Waals surface area (Å²) < 4.78 is 11.9. The molecule has 7 nitrogen and oxygen atoms in total. The predicted molar refractivity (Wildman–Crippen MR) is 92.1 cm³/mol. The number of aromatic nitrogens is 2. The SMILES string of the molecule is CC1(C)CN(c2cnc(C(=O)O)cn2)CC(COc2ccccc2)O1. The Morgan fingerprint density at radius 1 is 1.32 bits per heavy atom. The lowest BCUT2D eigenvalue weighted by molar-refractivity contribution is -0.0972. The molecule has 3 rings (SSSR count). The molecule has 0 spiro atoms. The van der Waals surface area contributed by atoms with Gasteiger partial charge in [-0.2, -0.15) is 0 Å². The normalized spacial score (nSPS) is 19.4. The van der Waals surface area contributed by atoms with Gasteiger partial charge in [-0.25, -0.2) is 14.8 Å². The summed E-state index contributed by atoms with van der Waals surface area (Å²) in [6, 6.07) is 9.59. The molecule has 25 heavy (non-hydrogen) atoms. The van der Waals surface area contributed by atoms with Gasteiger partial charge in [-0.05, 0) is 26.0 Å². The number of morpholine rings is 1. The van der Waals surface area contributed by atoms with E-state index in [0.717, 1.165) is 5.75 Å². The second-order valence-corrected chi connectivity index (χ2v) is 6.57. The third kappa shape index (κ3) is 4.45. The Hall–Kier alpha value is -2.67. The Labute approximate surface area is 146 Å². The summed E-state index contributed by atoms with van der Waals surface area (Å²) in [7, 11) is 0. The molecule has 2 aromatic rings. The smallest absolute Gasteiger partial charge is 0.356 e. The van der Waals surface area contributed by atoms with E-state index in [1.54, 1.807) is 0 Å². The Bertz CT molecular complexity index is 719. The van der Waals surface area contributed by atoms with E-state index in [2.05, 4.69) is 9.97 Å². The van der Waals surface area contributed by atoms with Gasteiger partial charge in [-0.3, -0.25) is 0 Å². The highest BCUT2D eigenvalue weighted by Gasteiger charge is 2.34. The van der Waals surface area contributed by atoms with E-state index in [1.807, 2.05) is 49.1 Å².